The molecule has 0 saturated carbocycles. The first-order valence-corrected chi connectivity index (χ1v) is 5.77. The number of anilines is 1. The average molecular weight is 259 g/mol. The van der Waals surface area contributed by atoms with Crippen molar-refractivity contribution in [2.45, 2.75) is 19.8 Å². The molecule has 0 fully saturated rings. The standard InChI is InChI=1S/C11H15ClN2O3/c1-3-4-7-17-11-8(13-2)5-6-9(10(11)12)14(15)16/h5-6,13H,3-4,7H2,1-2H3. The second-order valence-electron chi connectivity index (χ2n) is 3.48. The van der Waals surface area contributed by atoms with Gasteiger partial charge in [0.15, 0.2) is 10.8 Å². The lowest BCUT2D eigenvalue weighted by molar-refractivity contribution is -0.384. The van der Waals surface area contributed by atoms with Crippen LogP contribution in [0.15, 0.2) is 12.1 Å². The van der Waals surface area contributed by atoms with Crippen molar-refractivity contribution in [2.75, 3.05) is 19.0 Å². The summed E-state index contributed by atoms with van der Waals surface area (Å²) in [5.41, 5.74) is 0.508. The van der Waals surface area contributed by atoms with Crippen LogP contribution in [0.5, 0.6) is 5.75 Å². The molecule has 17 heavy (non-hydrogen) atoms. The van der Waals surface area contributed by atoms with E-state index in [0.29, 0.717) is 18.0 Å². The number of halogens is 1. The zero-order valence-corrected chi connectivity index (χ0v) is 10.6. The first-order valence-electron chi connectivity index (χ1n) is 5.39. The molecule has 0 saturated heterocycles. The normalized spacial score (nSPS) is 10.1. The van der Waals surface area contributed by atoms with Crippen molar-refractivity contribution >= 4 is 23.0 Å². The molecule has 5 nitrogen and oxygen atoms in total. The summed E-state index contributed by atoms with van der Waals surface area (Å²) < 4.78 is 5.49. The monoisotopic (exact) mass is 258 g/mol. The molecule has 94 valence electrons. The van der Waals surface area contributed by atoms with Crippen LogP contribution in [-0.4, -0.2) is 18.6 Å². The van der Waals surface area contributed by atoms with E-state index in [1.807, 2.05) is 6.92 Å². The number of nitro benzene ring substituents is 1. The summed E-state index contributed by atoms with van der Waals surface area (Å²) in [6.07, 6.45) is 1.86. The van der Waals surface area contributed by atoms with E-state index in [2.05, 4.69) is 5.32 Å². The summed E-state index contributed by atoms with van der Waals surface area (Å²) in [5.74, 6) is 0.344. The summed E-state index contributed by atoms with van der Waals surface area (Å²) in [7, 11) is 1.71. The molecular formula is C11H15ClN2O3. The van der Waals surface area contributed by atoms with Crippen molar-refractivity contribution in [1.29, 1.82) is 0 Å². The Bertz CT molecular complexity index is 410. The number of unbranched alkanes of at least 4 members (excludes halogenated alkanes) is 1. The molecule has 0 atom stereocenters. The van der Waals surface area contributed by atoms with Gasteiger partial charge in [-0.1, -0.05) is 24.9 Å². The van der Waals surface area contributed by atoms with Gasteiger partial charge < -0.3 is 10.1 Å². The third-order valence-corrected chi connectivity index (χ3v) is 2.65. The molecule has 0 unspecified atom stereocenters. The SMILES string of the molecule is CCCCOc1c(NC)ccc([N+](=O)[O-])c1Cl. The van der Waals surface area contributed by atoms with Crippen LogP contribution < -0.4 is 10.1 Å². The summed E-state index contributed by atoms with van der Waals surface area (Å²) in [5, 5.41) is 13.7. The molecule has 1 N–H and O–H groups in total. The van der Waals surface area contributed by atoms with Gasteiger partial charge in [-0.3, -0.25) is 10.1 Å². The Labute approximate surface area is 105 Å². The quantitative estimate of drug-likeness (QED) is 0.482. The minimum atomic E-state index is -0.519. The molecule has 0 radical (unpaired) electrons. The van der Waals surface area contributed by atoms with Gasteiger partial charge in [0, 0.05) is 13.1 Å². The fourth-order valence-electron chi connectivity index (χ4n) is 1.34. The Hall–Kier alpha value is -1.49. The molecule has 0 spiro atoms. The number of ether oxygens (including phenoxy) is 1. The van der Waals surface area contributed by atoms with E-state index in [0.717, 1.165) is 12.8 Å². The van der Waals surface area contributed by atoms with Crippen LogP contribution in [0, 0.1) is 10.1 Å². The van der Waals surface area contributed by atoms with Crippen LogP contribution in [0.1, 0.15) is 19.8 Å². The number of hydrogen-bond acceptors (Lipinski definition) is 4. The average Bonchev–Trinajstić information content (AvgIpc) is 2.30. The van der Waals surface area contributed by atoms with Crippen molar-refractivity contribution in [3.63, 3.8) is 0 Å². The first-order chi connectivity index (χ1) is 8.11. The third kappa shape index (κ3) is 3.23. The first kappa shape index (κ1) is 13.6. The summed E-state index contributed by atoms with van der Waals surface area (Å²) in [6.45, 7) is 2.53. The minimum Gasteiger partial charge on any atom is -0.490 e. The van der Waals surface area contributed by atoms with E-state index < -0.39 is 4.92 Å². The van der Waals surface area contributed by atoms with E-state index in [9.17, 15) is 10.1 Å². The molecule has 0 aromatic heterocycles. The molecule has 0 aliphatic rings. The van der Waals surface area contributed by atoms with E-state index in [1.54, 1.807) is 13.1 Å². The maximum absolute atomic E-state index is 10.7. The second-order valence-corrected chi connectivity index (χ2v) is 3.86. The second kappa shape index (κ2) is 6.30. The van der Waals surface area contributed by atoms with Crippen LogP contribution in [0.2, 0.25) is 5.02 Å². The predicted molar refractivity (Wildman–Crippen MR) is 68.1 cm³/mol. The zero-order chi connectivity index (χ0) is 12.8. The molecule has 0 heterocycles. The molecule has 0 aliphatic heterocycles. The molecule has 1 rings (SSSR count). The topological polar surface area (TPSA) is 64.4 Å². The number of benzene rings is 1. The van der Waals surface area contributed by atoms with Crippen molar-refractivity contribution < 1.29 is 9.66 Å². The maximum Gasteiger partial charge on any atom is 0.291 e. The number of hydrogen-bond donors (Lipinski definition) is 1. The summed E-state index contributed by atoms with van der Waals surface area (Å²) in [6, 6.07) is 2.95. The van der Waals surface area contributed by atoms with Crippen LogP contribution in [0.25, 0.3) is 0 Å². The van der Waals surface area contributed by atoms with Crippen molar-refractivity contribution in [3.8, 4) is 5.75 Å². The summed E-state index contributed by atoms with van der Waals surface area (Å²) >= 11 is 5.96. The van der Waals surface area contributed by atoms with E-state index >= 15 is 0 Å². The lowest BCUT2D eigenvalue weighted by Gasteiger charge is -2.12. The highest BCUT2D eigenvalue weighted by atomic mass is 35.5. The van der Waals surface area contributed by atoms with Gasteiger partial charge in [-0.15, -0.1) is 0 Å². The lowest BCUT2D eigenvalue weighted by atomic mass is 10.2. The van der Waals surface area contributed by atoms with Gasteiger partial charge >= 0.3 is 0 Å². The van der Waals surface area contributed by atoms with Gasteiger partial charge in [-0.25, -0.2) is 0 Å². The zero-order valence-electron chi connectivity index (χ0n) is 9.83. The highest BCUT2D eigenvalue weighted by Gasteiger charge is 2.20. The van der Waals surface area contributed by atoms with Gasteiger partial charge in [0.25, 0.3) is 5.69 Å². The highest BCUT2D eigenvalue weighted by Crippen LogP contribution is 2.39. The summed E-state index contributed by atoms with van der Waals surface area (Å²) in [4.78, 5) is 10.2. The van der Waals surface area contributed by atoms with Gasteiger partial charge in [0.05, 0.1) is 17.2 Å². The van der Waals surface area contributed by atoms with Crippen LogP contribution in [0.4, 0.5) is 11.4 Å². The Morgan fingerprint density at radius 1 is 1.53 bits per heavy atom. The molecular weight excluding hydrogens is 244 g/mol. The molecule has 1 aromatic carbocycles. The molecule has 0 bridgehead atoms. The molecule has 0 amide bonds. The predicted octanol–water partition coefficient (Wildman–Crippen LogP) is 3.47. The third-order valence-electron chi connectivity index (χ3n) is 2.29. The number of nitro groups is 1. The van der Waals surface area contributed by atoms with Gasteiger partial charge in [0.1, 0.15) is 0 Å². The number of rotatable bonds is 6. The Morgan fingerprint density at radius 2 is 2.24 bits per heavy atom. The largest absolute Gasteiger partial charge is 0.490 e. The fraction of sp³-hybridized carbons (Fsp3) is 0.455. The van der Waals surface area contributed by atoms with Crippen molar-refractivity contribution in [1.82, 2.24) is 0 Å². The van der Waals surface area contributed by atoms with E-state index in [1.165, 1.54) is 6.07 Å². The maximum atomic E-state index is 10.7. The van der Waals surface area contributed by atoms with E-state index in [-0.39, 0.29) is 10.7 Å². The van der Waals surface area contributed by atoms with Gasteiger partial charge in [0.2, 0.25) is 0 Å². The molecule has 1 aromatic rings. The lowest BCUT2D eigenvalue weighted by Crippen LogP contribution is -2.02. The van der Waals surface area contributed by atoms with Gasteiger partial charge in [-0.2, -0.15) is 0 Å². The Kier molecular flexibility index (Phi) is 5.03. The minimum absolute atomic E-state index is 0.0398. The van der Waals surface area contributed by atoms with Crippen molar-refractivity contribution in [3.05, 3.63) is 27.3 Å². The van der Waals surface area contributed by atoms with E-state index in [4.69, 9.17) is 16.3 Å². The number of nitrogens with one attached hydrogen (secondary N) is 1. The fourth-order valence-corrected chi connectivity index (χ4v) is 1.63. The Balaban J connectivity index is 3.04. The van der Waals surface area contributed by atoms with Crippen LogP contribution in [0.3, 0.4) is 0 Å². The Morgan fingerprint density at radius 3 is 2.76 bits per heavy atom. The molecule has 6 heteroatoms. The van der Waals surface area contributed by atoms with Gasteiger partial charge in [-0.05, 0) is 12.5 Å². The smallest absolute Gasteiger partial charge is 0.291 e. The number of nitrogens with zero attached hydrogens (tertiary/aromatic N) is 1. The van der Waals surface area contributed by atoms with Crippen LogP contribution in [-0.2, 0) is 0 Å². The van der Waals surface area contributed by atoms with Crippen LogP contribution >= 0.6 is 11.6 Å². The van der Waals surface area contributed by atoms with Crippen molar-refractivity contribution in [2.24, 2.45) is 0 Å². The highest BCUT2D eigenvalue weighted by molar-refractivity contribution is 6.34. The molecule has 0 aliphatic carbocycles.